The Labute approximate surface area is 183 Å². The fourth-order valence-corrected chi connectivity index (χ4v) is 2.92. The lowest BCUT2D eigenvalue weighted by Gasteiger charge is -2.06. The molecule has 6 nitrogen and oxygen atoms in total. The van der Waals surface area contributed by atoms with Crippen molar-refractivity contribution in [3.05, 3.63) is 46.6 Å². The second kappa shape index (κ2) is 17.1. The third-order valence-corrected chi connectivity index (χ3v) is 4.96. The van der Waals surface area contributed by atoms with Gasteiger partial charge >= 0.3 is 8.25 Å². The molecule has 0 aromatic carbocycles. The van der Waals surface area contributed by atoms with E-state index in [9.17, 15) is 9.36 Å². The molecule has 2 N–H and O–H groups in total. The van der Waals surface area contributed by atoms with Crippen LogP contribution in [-0.2, 0) is 18.7 Å². The summed E-state index contributed by atoms with van der Waals surface area (Å²) in [4.78, 5) is 25.2. The highest BCUT2D eigenvalue weighted by Crippen LogP contribution is 2.17. The fraction of sp³-hybridized carbons (Fsp3) is 0.609. The Hall–Kier alpha value is -1.59. The second-order valence-electron chi connectivity index (χ2n) is 7.81. The van der Waals surface area contributed by atoms with Crippen molar-refractivity contribution in [1.82, 2.24) is 5.48 Å². The van der Waals surface area contributed by atoms with Crippen molar-refractivity contribution in [3.63, 3.8) is 0 Å². The Morgan fingerprint density at radius 3 is 1.83 bits per heavy atom. The SMILES string of the molecule is CC(C)=CCCC(C)=CCCC(C)=CCCC(C)=CCONC(=O)C(C)O[P+](=O)O. The van der Waals surface area contributed by atoms with Gasteiger partial charge in [0.2, 0.25) is 0 Å². The average Bonchev–Trinajstić information content (AvgIpc) is 2.64. The molecule has 1 amide bonds. The van der Waals surface area contributed by atoms with Gasteiger partial charge in [-0.3, -0.25) is 9.63 Å². The summed E-state index contributed by atoms with van der Waals surface area (Å²) in [6.07, 6.45) is 14.1. The Morgan fingerprint density at radius 2 is 1.37 bits per heavy atom. The summed E-state index contributed by atoms with van der Waals surface area (Å²) in [5.74, 6) is -0.599. The van der Waals surface area contributed by atoms with Crippen LogP contribution in [0.4, 0.5) is 0 Å². The number of hydrogen-bond acceptors (Lipinski definition) is 4. The topological polar surface area (TPSA) is 84.9 Å². The minimum absolute atomic E-state index is 0.231. The summed E-state index contributed by atoms with van der Waals surface area (Å²) >= 11 is 0. The van der Waals surface area contributed by atoms with Gasteiger partial charge in [-0.25, -0.2) is 5.48 Å². The van der Waals surface area contributed by atoms with Crippen LogP contribution in [0.15, 0.2) is 46.6 Å². The van der Waals surface area contributed by atoms with E-state index in [1.165, 1.54) is 29.2 Å². The number of carbonyl (C=O) groups excluding carboxylic acids is 1. The van der Waals surface area contributed by atoms with Gasteiger partial charge in [0, 0.05) is 4.57 Å². The van der Waals surface area contributed by atoms with Gasteiger partial charge in [0.15, 0.2) is 6.10 Å². The van der Waals surface area contributed by atoms with Crippen molar-refractivity contribution in [2.45, 2.75) is 86.2 Å². The Balaban J connectivity index is 4.04. The van der Waals surface area contributed by atoms with Crippen LogP contribution in [0.2, 0.25) is 0 Å². The smallest absolute Gasteiger partial charge is 0.270 e. The first kappa shape index (κ1) is 28.4. The molecule has 0 bridgehead atoms. The average molecular weight is 441 g/mol. The minimum atomic E-state index is -2.82. The molecule has 0 aliphatic heterocycles. The monoisotopic (exact) mass is 440 g/mol. The van der Waals surface area contributed by atoms with E-state index in [4.69, 9.17) is 9.73 Å². The number of hydrogen-bond donors (Lipinski definition) is 2. The molecule has 0 fully saturated rings. The summed E-state index contributed by atoms with van der Waals surface area (Å²) in [6.45, 7) is 12.3. The number of nitrogens with one attached hydrogen (secondary N) is 1. The maximum Gasteiger partial charge on any atom is 0.695 e. The van der Waals surface area contributed by atoms with Crippen LogP contribution in [0.5, 0.6) is 0 Å². The van der Waals surface area contributed by atoms with Crippen LogP contribution < -0.4 is 5.48 Å². The lowest BCUT2D eigenvalue weighted by molar-refractivity contribution is -0.139. The molecule has 170 valence electrons. The van der Waals surface area contributed by atoms with Crippen molar-refractivity contribution in [1.29, 1.82) is 0 Å². The van der Waals surface area contributed by atoms with Gasteiger partial charge in [-0.2, -0.15) is 0 Å². The summed E-state index contributed by atoms with van der Waals surface area (Å²) < 4.78 is 15.0. The largest absolute Gasteiger partial charge is 0.695 e. The normalized spacial score (nSPS) is 14.4. The highest BCUT2D eigenvalue weighted by atomic mass is 31.1. The molecule has 2 atom stereocenters. The number of allylic oxidation sites excluding steroid dienone is 7. The van der Waals surface area contributed by atoms with E-state index >= 15 is 0 Å². The predicted octanol–water partition coefficient (Wildman–Crippen LogP) is 6.23. The molecule has 0 heterocycles. The zero-order chi connectivity index (χ0) is 22.9. The Bertz CT molecular complexity index is 661. The van der Waals surface area contributed by atoms with E-state index in [-0.39, 0.29) is 6.61 Å². The molecule has 0 saturated carbocycles. The van der Waals surface area contributed by atoms with Gasteiger partial charge in [-0.05, 0) is 80.1 Å². The van der Waals surface area contributed by atoms with Crippen molar-refractivity contribution >= 4 is 14.2 Å². The molecule has 2 unspecified atom stereocenters. The van der Waals surface area contributed by atoms with Crippen LogP contribution in [0.1, 0.15) is 80.1 Å². The molecule has 7 heteroatoms. The first-order chi connectivity index (χ1) is 14.1. The molecule has 0 rings (SSSR count). The zero-order valence-electron chi connectivity index (χ0n) is 19.4. The van der Waals surface area contributed by atoms with E-state index in [0.717, 1.165) is 38.5 Å². The highest BCUT2D eigenvalue weighted by molar-refractivity contribution is 7.32. The van der Waals surface area contributed by atoms with Gasteiger partial charge < -0.3 is 0 Å². The van der Waals surface area contributed by atoms with Gasteiger partial charge in [0.25, 0.3) is 5.91 Å². The van der Waals surface area contributed by atoms with Gasteiger partial charge in [0.05, 0.1) is 6.61 Å². The van der Waals surface area contributed by atoms with Crippen LogP contribution in [0, 0.1) is 0 Å². The minimum Gasteiger partial charge on any atom is -0.270 e. The lowest BCUT2D eigenvalue weighted by atomic mass is 10.0. The summed E-state index contributed by atoms with van der Waals surface area (Å²) in [5.41, 5.74) is 7.60. The molecule has 0 aliphatic carbocycles. The number of carbonyl (C=O) groups is 1. The molecule has 0 aromatic rings. The molecule has 0 spiro atoms. The second-order valence-corrected chi connectivity index (χ2v) is 8.50. The third kappa shape index (κ3) is 17.3. The van der Waals surface area contributed by atoms with Gasteiger partial charge in [0.1, 0.15) is 0 Å². The van der Waals surface area contributed by atoms with Crippen LogP contribution in [0.3, 0.4) is 0 Å². The van der Waals surface area contributed by atoms with Crippen molar-refractivity contribution in [2.24, 2.45) is 0 Å². The maximum absolute atomic E-state index is 11.5. The maximum atomic E-state index is 11.5. The Kier molecular flexibility index (Phi) is 16.2. The number of rotatable bonds is 15. The molecular formula is C23H39NO5P+. The Morgan fingerprint density at radius 1 is 0.900 bits per heavy atom. The van der Waals surface area contributed by atoms with Gasteiger partial charge in [-0.1, -0.05) is 46.6 Å². The fourth-order valence-electron chi connectivity index (χ4n) is 2.55. The van der Waals surface area contributed by atoms with Crippen LogP contribution >= 0.6 is 8.25 Å². The lowest BCUT2D eigenvalue weighted by Crippen LogP contribution is -2.33. The third-order valence-electron chi connectivity index (χ3n) is 4.46. The molecule has 0 saturated heterocycles. The standard InChI is InChI=1S/C23H38NO5P/c1-18(2)10-7-11-19(3)12-8-13-20(4)14-9-15-21(5)16-17-28-24-23(25)22(6)29-30(26)27/h10,12,14,16,22H,7-9,11,13,15,17H2,1-6H3,(H-,24,25,26,27)/p+1. The molecular weight excluding hydrogens is 401 g/mol. The number of amides is 1. The van der Waals surface area contributed by atoms with E-state index in [0.29, 0.717) is 0 Å². The van der Waals surface area contributed by atoms with E-state index in [1.807, 2.05) is 13.0 Å². The van der Waals surface area contributed by atoms with E-state index in [2.05, 4.69) is 55.9 Å². The first-order valence-electron chi connectivity index (χ1n) is 10.5. The first-order valence-corrected chi connectivity index (χ1v) is 11.6. The highest BCUT2D eigenvalue weighted by Gasteiger charge is 2.25. The van der Waals surface area contributed by atoms with E-state index in [1.54, 1.807) is 0 Å². The predicted molar refractivity (Wildman–Crippen MR) is 123 cm³/mol. The molecule has 0 radical (unpaired) electrons. The van der Waals surface area contributed by atoms with Crippen LogP contribution in [-0.4, -0.2) is 23.5 Å². The zero-order valence-corrected chi connectivity index (χ0v) is 20.3. The van der Waals surface area contributed by atoms with E-state index < -0.39 is 20.3 Å². The van der Waals surface area contributed by atoms with Crippen molar-refractivity contribution in [2.75, 3.05) is 6.61 Å². The van der Waals surface area contributed by atoms with Gasteiger partial charge in [-0.15, -0.1) is 9.42 Å². The van der Waals surface area contributed by atoms with Crippen molar-refractivity contribution < 1.29 is 23.6 Å². The molecule has 0 aliphatic rings. The molecule has 0 aromatic heterocycles. The summed E-state index contributed by atoms with van der Waals surface area (Å²) in [7, 11) is -2.82. The van der Waals surface area contributed by atoms with Crippen LogP contribution in [0.25, 0.3) is 0 Å². The summed E-state index contributed by atoms with van der Waals surface area (Å²) in [5, 5.41) is 0. The quantitative estimate of drug-likeness (QED) is 0.136. The number of hydroxylamine groups is 1. The molecule has 30 heavy (non-hydrogen) atoms. The summed E-state index contributed by atoms with van der Waals surface area (Å²) in [6, 6.07) is 0. The van der Waals surface area contributed by atoms with Crippen molar-refractivity contribution in [3.8, 4) is 0 Å².